The van der Waals surface area contributed by atoms with Crippen LogP contribution in [0.3, 0.4) is 0 Å². The average Bonchev–Trinajstić information content (AvgIpc) is 2.61. The van der Waals surface area contributed by atoms with E-state index < -0.39 is 22.7 Å². The van der Waals surface area contributed by atoms with Crippen molar-refractivity contribution in [1.29, 1.82) is 0 Å². The first-order valence-electron chi connectivity index (χ1n) is 9.40. The van der Waals surface area contributed by atoms with Crippen molar-refractivity contribution in [2.75, 3.05) is 0 Å². The van der Waals surface area contributed by atoms with Crippen molar-refractivity contribution in [2.45, 2.75) is 47.0 Å². The summed E-state index contributed by atoms with van der Waals surface area (Å²) >= 11 is 0. The molecule has 0 spiro atoms. The van der Waals surface area contributed by atoms with Crippen LogP contribution in [-0.4, -0.2) is 21.8 Å². The van der Waals surface area contributed by atoms with Crippen molar-refractivity contribution in [3.63, 3.8) is 0 Å². The highest BCUT2D eigenvalue weighted by Crippen LogP contribution is 2.43. The highest BCUT2D eigenvalue weighted by Gasteiger charge is 2.47. The van der Waals surface area contributed by atoms with E-state index in [1.54, 1.807) is 12.1 Å². The van der Waals surface area contributed by atoms with Gasteiger partial charge in [0.05, 0.1) is 5.41 Å². The number of carbonyl (C=O) groups is 2. The van der Waals surface area contributed by atoms with Gasteiger partial charge in [-0.1, -0.05) is 53.6 Å². The maximum Gasteiger partial charge on any atom is 0.184 e. The van der Waals surface area contributed by atoms with Gasteiger partial charge in [0.15, 0.2) is 11.6 Å². The van der Waals surface area contributed by atoms with Crippen LogP contribution in [0.4, 0.5) is 0 Å². The van der Waals surface area contributed by atoms with E-state index in [2.05, 4.69) is 0 Å². The number of allylic oxidation sites excluding steroid dienone is 7. The Bertz CT molecular complexity index is 854. The summed E-state index contributed by atoms with van der Waals surface area (Å²) in [6.07, 6.45) is 5.44. The normalized spacial score (nSPS) is 15.7. The van der Waals surface area contributed by atoms with Crippen molar-refractivity contribution in [2.24, 2.45) is 5.41 Å². The quantitative estimate of drug-likeness (QED) is 0.495. The second kappa shape index (κ2) is 8.87. The molecule has 1 aliphatic rings. The van der Waals surface area contributed by atoms with E-state index in [4.69, 9.17) is 0 Å². The van der Waals surface area contributed by atoms with E-state index in [0.29, 0.717) is 0 Å². The number of aliphatic hydroxyl groups is 2. The zero-order chi connectivity index (χ0) is 20.9. The van der Waals surface area contributed by atoms with Gasteiger partial charge in [-0.05, 0) is 46.1 Å². The van der Waals surface area contributed by atoms with Crippen LogP contribution in [0, 0.1) is 5.41 Å². The van der Waals surface area contributed by atoms with E-state index in [1.165, 1.54) is 0 Å². The molecule has 0 atom stereocenters. The Kier molecular flexibility index (Phi) is 6.79. The van der Waals surface area contributed by atoms with Crippen molar-refractivity contribution < 1.29 is 19.8 Å². The van der Waals surface area contributed by atoms with Crippen molar-refractivity contribution in [3.05, 3.63) is 82.4 Å². The average molecular weight is 380 g/mol. The largest absolute Gasteiger partial charge is 0.511 e. The van der Waals surface area contributed by atoms with E-state index in [1.807, 2.05) is 58.0 Å². The molecule has 0 saturated carbocycles. The molecule has 0 amide bonds. The Morgan fingerprint density at radius 1 is 0.964 bits per heavy atom. The molecular formula is C24H28O4. The Balaban J connectivity index is 2.48. The number of aliphatic hydroxyl groups excluding tert-OH is 2. The van der Waals surface area contributed by atoms with Crippen LogP contribution in [0.2, 0.25) is 0 Å². The smallest absolute Gasteiger partial charge is 0.184 e. The molecule has 0 saturated heterocycles. The van der Waals surface area contributed by atoms with Gasteiger partial charge in [-0.3, -0.25) is 9.59 Å². The third kappa shape index (κ3) is 4.69. The second-order valence-corrected chi connectivity index (χ2v) is 7.76. The zero-order valence-corrected chi connectivity index (χ0v) is 17.0. The number of hydrogen-bond acceptors (Lipinski definition) is 4. The van der Waals surface area contributed by atoms with Crippen LogP contribution in [0.15, 0.2) is 76.8 Å². The Morgan fingerprint density at radius 2 is 1.50 bits per heavy atom. The van der Waals surface area contributed by atoms with Crippen LogP contribution >= 0.6 is 0 Å². The third-order valence-electron chi connectivity index (χ3n) is 4.89. The van der Waals surface area contributed by atoms with Crippen LogP contribution in [0.25, 0.3) is 0 Å². The Morgan fingerprint density at radius 3 is 2.00 bits per heavy atom. The highest BCUT2D eigenvalue weighted by molar-refractivity contribution is 6.24. The fraction of sp³-hybridized carbons (Fsp3) is 0.333. The monoisotopic (exact) mass is 380 g/mol. The molecule has 0 unspecified atom stereocenters. The molecule has 1 aliphatic carbocycles. The van der Waals surface area contributed by atoms with Crippen LogP contribution in [0.5, 0.6) is 0 Å². The van der Waals surface area contributed by atoms with Gasteiger partial charge in [0.2, 0.25) is 0 Å². The van der Waals surface area contributed by atoms with Gasteiger partial charge >= 0.3 is 0 Å². The van der Waals surface area contributed by atoms with Gasteiger partial charge in [0.25, 0.3) is 0 Å². The summed E-state index contributed by atoms with van der Waals surface area (Å²) in [5, 5.41) is 21.0. The van der Waals surface area contributed by atoms with E-state index >= 15 is 0 Å². The molecular weight excluding hydrogens is 352 g/mol. The molecule has 4 nitrogen and oxygen atoms in total. The lowest BCUT2D eigenvalue weighted by atomic mass is 9.68. The summed E-state index contributed by atoms with van der Waals surface area (Å²) in [7, 11) is 0. The van der Waals surface area contributed by atoms with E-state index in [0.717, 1.165) is 22.8 Å². The molecule has 1 aromatic rings. The van der Waals surface area contributed by atoms with Crippen LogP contribution in [0.1, 0.15) is 46.1 Å². The van der Waals surface area contributed by atoms with Crippen LogP contribution in [-0.2, 0) is 16.0 Å². The molecule has 28 heavy (non-hydrogen) atoms. The summed E-state index contributed by atoms with van der Waals surface area (Å²) in [4.78, 5) is 26.3. The molecule has 1 aromatic carbocycles. The molecule has 148 valence electrons. The molecule has 0 aromatic heterocycles. The predicted molar refractivity (Wildman–Crippen MR) is 111 cm³/mol. The lowest BCUT2D eigenvalue weighted by Crippen LogP contribution is -2.39. The molecule has 4 heteroatoms. The van der Waals surface area contributed by atoms with Gasteiger partial charge in [0, 0.05) is 12.5 Å². The molecule has 2 rings (SSSR count). The number of benzene rings is 1. The fourth-order valence-corrected chi connectivity index (χ4v) is 3.19. The van der Waals surface area contributed by atoms with Gasteiger partial charge in [-0.15, -0.1) is 0 Å². The first-order chi connectivity index (χ1) is 13.2. The summed E-state index contributed by atoms with van der Waals surface area (Å²) in [6, 6.07) is 9.09. The minimum Gasteiger partial charge on any atom is -0.511 e. The highest BCUT2D eigenvalue weighted by atomic mass is 16.3. The van der Waals surface area contributed by atoms with E-state index in [-0.39, 0.29) is 30.6 Å². The van der Waals surface area contributed by atoms with E-state index in [9.17, 15) is 19.8 Å². The summed E-state index contributed by atoms with van der Waals surface area (Å²) in [5.41, 5.74) is 1.27. The van der Waals surface area contributed by atoms with Crippen molar-refractivity contribution >= 4 is 11.6 Å². The number of rotatable bonds is 7. The zero-order valence-electron chi connectivity index (χ0n) is 17.0. The van der Waals surface area contributed by atoms with Gasteiger partial charge in [-0.25, -0.2) is 0 Å². The predicted octanol–water partition coefficient (Wildman–Crippen LogP) is 5.33. The standard InChI is InChI=1S/C24H28O4/c1-16(2)10-12-24(13-11-17(3)4)21(27)15-20(26)22(23(24)28)19(25)14-18-8-6-5-7-9-18/h5-11,15,26-27H,12-14H2,1-4H3. The van der Waals surface area contributed by atoms with Gasteiger partial charge in [-0.2, -0.15) is 0 Å². The first-order valence-corrected chi connectivity index (χ1v) is 9.40. The number of carbonyl (C=O) groups excluding carboxylic acids is 2. The Hall–Kier alpha value is -2.88. The number of hydrogen-bond donors (Lipinski definition) is 2. The fourth-order valence-electron chi connectivity index (χ4n) is 3.19. The lowest BCUT2D eigenvalue weighted by molar-refractivity contribution is -0.127. The van der Waals surface area contributed by atoms with Gasteiger partial charge < -0.3 is 10.2 Å². The maximum absolute atomic E-state index is 13.4. The Labute approximate surface area is 166 Å². The molecule has 0 aliphatic heterocycles. The summed E-state index contributed by atoms with van der Waals surface area (Å²) in [5.74, 6) is -1.65. The topological polar surface area (TPSA) is 74.6 Å². The second-order valence-electron chi connectivity index (χ2n) is 7.76. The number of Topliss-reactive ketones (excluding diaryl/α,β-unsaturated/α-hetero) is 2. The lowest BCUT2D eigenvalue weighted by Gasteiger charge is -2.33. The molecule has 0 fully saturated rings. The molecule has 0 heterocycles. The first kappa shape index (κ1) is 21.4. The minimum absolute atomic E-state index is 0.0158. The molecule has 2 N–H and O–H groups in total. The third-order valence-corrected chi connectivity index (χ3v) is 4.89. The number of ketones is 2. The minimum atomic E-state index is -1.28. The molecule has 0 radical (unpaired) electrons. The SMILES string of the molecule is CC(C)=CCC1(CC=C(C)C)C(=O)C(C(=O)Cc2ccccc2)=C(O)C=C1O. The maximum atomic E-state index is 13.4. The van der Waals surface area contributed by atoms with Crippen LogP contribution < -0.4 is 0 Å². The molecule has 0 bridgehead atoms. The van der Waals surface area contributed by atoms with Gasteiger partial charge in [0.1, 0.15) is 17.1 Å². The summed E-state index contributed by atoms with van der Waals surface area (Å²) < 4.78 is 0. The summed E-state index contributed by atoms with van der Waals surface area (Å²) in [6.45, 7) is 7.66. The van der Waals surface area contributed by atoms with Crippen molar-refractivity contribution in [1.82, 2.24) is 0 Å². The van der Waals surface area contributed by atoms with Crippen molar-refractivity contribution in [3.8, 4) is 0 Å².